The summed E-state index contributed by atoms with van der Waals surface area (Å²) in [5, 5.41) is 4.58. The van der Waals surface area contributed by atoms with Crippen LogP contribution in [0.25, 0.3) is 18.8 Å². The molecule has 3 rings (SSSR count). The molecule has 3 heteroatoms. The molecule has 0 radical (unpaired) electrons. The summed E-state index contributed by atoms with van der Waals surface area (Å²) in [5.41, 5.74) is 2.97. The average molecular weight is 238 g/mol. The molecular weight excluding hydrogens is 228 g/mol. The third-order valence-corrected chi connectivity index (χ3v) is 6.48. The maximum atomic E-state index is 2.32. The van der Waals surface area contributed by atoms with Gasteiger partial charge in [0.15, 0.2) is 0 Å². The van der Waals surface area contributed by atoms with Gasteiger partial charge in [-0.1, -0.05) is 6.92 Å². The van der Waals surface area contributed by atoms with E-state index in [9.17, 15) is 0 Å². The van der Waals surface area contributed by atoms with Crippen LogP contribution < -0.4 is 0 Å². The van der Waals surface area contributed by atoms with Crippen LogP contribution in [0.5, 0.6) is 0 Å². The van der Waals surface area contributed by atoms with Crippen LogP contribution in [0.15, 0.2) is 10.8 Å². The number of hydrogen-bond donors (Lipinski definition) is 0. The lowest BCUT2D eigenvalue weighted by Gasteiger charge is -1.86. The Labute approximate surface area is 94.8 Å². The van der Waals surface area contributed by atoms with E-state index in [1.54, 1.807) is 0 Å². The van der Waals surface area contributed by atoms with Gasteiger partial charge in [0.1, 0.15) is 0 Å². The molecule has 0 saturated carbocycles. The van der Waals surface area contributed by atoms with Crippen LogP contribution in [-0.4, -0.2) is 0 Å². The first-order valence-corrected chi connectivity index (χ1v) is 7.25. The summed E-state index contributed by atoms with van der Waals surface area (Å²) in [4.78, 5) is 0. The van der Waals surface area contributed by atoms with E-state index in [-0.39, 0.29) is 0 Å². The predicted octanol–water partition coefficient (Wildman–Crippen LogP) is 5.05. The van der Waals surface area contributed by atoms with Crippen molar-refractivity contribution < 1.29 is 0 Å². The van der Waals surface area contributed by atoms with Gasteiger partial charge in [-0.15, -0.1) is 34.0 Å². The van der Waals surface area contributed by atoms with Gasteiger partial charge in [0, 0.05) is 0 Å². The molecule has 72 valence electrons. The highest BCUT2D eigenvalue weighted by atomic mass is 32.1. The highest BCUT2D eigenvalue weighted by molar-refractivity contribution is 7.38. The Morgan fingerprint density at radius 2 is 1.71 bits per heavy atom. The van der Waals surface area contributed by atoms with Gasteiger partial charge in [-0.25, -0.2) is 0 Å². The Hall–Kier alpha value is -0.380. The zero-order valence-corrected chi connectivity index (χ0v) is 10.5. The van der Waals surface area contributed by atoms with Crippen molar-refractivity contribution in [3.63, 3.8) is 0 Å². The third-order valence-electron chi connectivity index (χ3n) is 2.53. The van der Waals surface area contributed by atoms with Gasteiger partial charge in [0.05, 0.1) is 18.8 Å². The summed E-state index contributed by atoms with van der Waals surface area (Å²) >= 11 is 5.78. The molecule has 3 aromatic rings. The first kappa shape index (κ1) is 8.89. The van der Waals surface area contributed by atoms with Crippen LogP contribution in [0.3, 0.4) is 0 Å². The van der Waals surface area contributed by atoms with E-state index in [1.807, 2.05) is 34.0 Å². The molecule has 3 heterocycles. The van der Waals surface area contributed by atoms with E-state index >= 15 is 0 Å². The summed E-state index contributed by atoms with van der Waals surface area (Å²) in [7, 11) is 0. The molecule has 0 amide bonds. The van der Waals surface area contributed by atoms with Crippen molar-refractivity contribution >= 4 is 52.8 Å². The summed E-state index contributed by atoms with van der Waals surface area (Å²) in [6.45, 7) is 4.45. The highest BCUT2D eigenvalue weighted by Gasteiger charge is 2.12. The summed E-state index contributed by atoms with van der Waals surface area (Å²) < 4.78 is 6.06. The van der Waals surface area contributed by atoms with E-state index in [4.69, 9.17) is 0 Å². The third kappa shape index (κ3) is 1.03. The molecular formula is C11H10S3. The standard InChI is InChI=1S/C11H10S3/c1-3-7-5-13-11-9(7)14-8-6(2)4-12-10(8)11/h4-5H,3H2,1-2H3. The van der Waals surface area contributed by atoms with Crippen LogP contribution in [-0.2, 0) is 6.42 Å². The van der Waals surface area contributed by atoms with Gasteiger partial charge in [0.2, 0.25) is 0 Å². The van der Waals surface area contributed by atoms with Crippen LogP contribution in [0, 0.1) is 6.92 Å². The highest BCUT2D eigenvalue weighted by Crippen LogP contribution is 2.44. The fourth-order valence-electron chi connectivity index (χ4n) is 1.71. The van der Waals surface area contributed by atoms with Gasteiger partial charge in [0.25, 0.3) is 0 Å². The van der Waals surface area contributed by atoms with Gasteiger partial charge < -0.3 is 0 Å². The fourth-order valence-corrected chi connectivity index (χ4v) is 5.85. The molecule has 0 atom stereocenters. The average Bonchev–Trinajstić information content (AvgIpc) is 2.78. The summed E-state index contributed by atoms with van der Waals surface area (Å²) in [6, 6.07) is 0. The van der Waals surface area contributed by atoms with E-state index in [0.29, 0.717) is 0 Å². The first-order valence-electron chi connectivity index (χ1n) is 4.68. The molecule has 0 nitrogen and oxygen atoms in total. The summed E-state index contributed by atoms with van der Waals surface area (Å²) in [5.74, 6) is 0. The van der Waals surface area contributed by atoms with Crippen LogP contribution in [0.4, 0.5) is 0 Å². The molecule has 0 unspecified atom stereocenters. The van der Waals surface area contributed by atoms with E-state index in [0.717, 1.165) is 6.42 Å². The van der Waals surface area contributed by atoms with E-state index < -0.39 is 0 Å². The molecule has 0 aliphatic carbocycles. The van der Waals surface area contributed by atoms with Crippen molar-refractivity contribution in [2.45, 2.75) is 20.3 Å². The van der Waals surface area contributed by atoms with Crippen LogP contribution >= 0.6 is 34.0 Å². The Balaban J connectivity index is 2.51. The Kier molecular flexibility index (Phi) is 1.94. The molecule has 0 N–H and O–H groups in total. The van der Waals surface area contributed by atoms with Crippen molar-refractivity contribution in [3.8, 4) is 0 Å². The van der Waals surface area contributed by atoms with Gasteiger partial charge >= 0.3 is 0 Å². The van der Waals surface area contributed by atoms with Crippen molar-refractivity contribution in [2.75, 3.05) is 0 Å². The lowest BCUT2D eigenvalue weighted by atomic mass is 10.2. The molecule has 14 heavy (non-hydrogen) atoms. The predicted molar refractivity (Wildman–Crippen MR) is 69.2 cm³/mol. The largest absolute Gasteiger partial charge is 0.141 e. The number of fused-ring (bicyclic) bond motifs is 3. The Morgan fingerprint density at radius 3 is 2.50 bits per heavy atom. The quantitative estimate of drug-likeness (QED) is 0.556. The monoisotopic (exact) mass is 238 g/mol. The fraction of sp³-hybridized carbons (Fsp3) is 0.273. The second-order valence-corrected chi connectivity index (χ2v) is 6.23. The second kappa shape index (κ2) is 3.05. The second-order valence-electron chi connectivity index (χ2n) is 3.45. The van der Waals surface area contributed by atoms with Crippen LogP contribution in [0.1, 0.15) is 18.1 Å². The number of aryl methyl sites for hydroxylation is 2. The number of thiophene rings is 3. The van der Waals surface area contributed by atoms with Crippen molar-refractivity contribution in [2.24, 2.45) is 0 Å². The molecule has 3 aromatic heterocycles. The normalized spacial score (nSPS) is 11.9. The van der Waals surface area contributed by atoms with Crippen LogP contribution in [0.2, 0.25) is 0 Å². The zero-order chi connectivity index (χ0) is 9.71. The number of rotatable bonds is 1. The minimum Gasteiger partial charge on any atom is -0.141 e. The molecule has 0 spiro atoms. The first-order chi connectivity index (χ1) is 6.81. The smallest absolute Gasteiger partial charge is 0.0632 e. The van der Waals surface area contributed by atoms with E-state index in [1.165, 1.54) is 29.9 Å². The molecule has 0 aliphatic heterocycles. The van der Waals surface area contributed by atoms with Gasteiger partial charge in [-0.2, -0.15) is 0 Å². The molecule has 0 bridgehead atoms. The van der Waals surface area contributed by atoms with Crippen molar-refractivity contribution in [3.05, 3.63) is 21.9 Å². The lowest BCUT2D eigenvalue weighted by Crippen LogP contribution is -1.69. The van der Waals surface area contributed by atoms with Gasteiger partial charge in [-0.05, 0) is 35.2 Å². The summed E-state index contributed by atoms with van der Waals surface area (Å²) in [6.07, 6.45) is 1.16. The topological polar surface area (TPSA) is 0 Å². The molecule has 0 aromatic carbocycles. The Bertz CT molecular complexity index is 594. The minimum atomic E-state index is 1.16. The zero-order valence-electron chi connectivity index (χ0n) is 8.09. The van der Waals surface area contributed by atoms with E-state index in [2.05, 4.69) is 24.6 Å². The molecule has 0 saturated heterocycles. The lowest BCUT2D eigenvalue weighted by molar-refractivity contribution is 1.17. The van der Waals surface area contributed by atoms with Gasteiger partial charge in [-0.3, -0.25) is 0 Å². The number of hydrogen-bond acceptors (Lipinski definition) is 3. The molecule has 0 fully saturated rings. The Morgan fingerprint density at radius 1 is 1.00 bits per heavy atom. The maximum absolute atomic E-state index is 2.32. The van der Waals surface area contributed by atoms with Crippen molar-refractivity contribution in [1.29, 1.82) is 0 Å². The van der Waals surface area contributed by atoms with Crippen molar-refractivity contribution in [1.82, 2.24) is 0 Å². The maximum Gasteiger partial charge on any atom is 0.0632 e. The molecule has 0 aliphatic rings. The minimum absolute atomic E-state index is 1.16. The SMILES string of the molecule is CCc1csc2c1sc1c(C)csc12.